The van der Waals surface area contributed by atoms with Gasteiger partial charge in [-0.1, -0.05) is 17.7 Å². The Morgan fingerprint density at radius 2 is 2.32 bits per heavy atom. The second kappa shape index (κ2) is 6.77. The normalized spacial score (nSPS) is 12.9. The zero-order valence-corrected chi connectivity index (χ0v) is 14.3. The summed E-state index contributed by atoms with van der Waals surface area (Å²) < 4.78 is 6.87. The molecule has 19 heavy (non-hydrogen) atoms. The molecule has 106 valence electrons. The van der Waals surface area contributed by atoms with Gasteiger partial charge in [-0.05, 0) is 42.8 Å². The smallest absolute Gasteiger partial charge is 0.408 e. The lowest BCUT2D eigenvalue weighted by molar-refractivity contribution is 0.0514. The number of carbonyl (C=O) groups is 1. The van der Waals surface area contributed by atoms with Crippen LogP contribution in [0.3, 0.4) is 0 Å². The molecule has 1 amide bonds. The van der Waals surface area contributed by atoms with Gasteiger partial charge in [-0.2, -0.15) is 0 Å². The van der Waals surface area contributed by atoms with Crippen LogP contribution < -0.4 is 5.32 Å². The van der Waals surface area contributed by atoms with E-state index in [-0.39, 0.29) is 6.04 Å². The van der Waals surface area contributed by atoms with E-state index in [0.717, 1.165) is 9.35 Å². The van der Waals surface area contributed by atoms with E-state index < -0.39 is 11.7 Å². The Hall–Kier alpha value is -0.520. The van der Waals surface area contributed by atoms with Crippen molar-refractivity contribution in [1.82, 2.24) is 5.32 Å². The van der Waals surface area contributed by atoms with Crippen molar-refractivity contribution in [2.45, 2.75) is 38.8 Å². The average Bonchev–Trinajstić information content (AvgIpc) is 2.53. The van der Waals surface area contributed by atoms with Crippen LogP contribution in [0.2, 0.25) is 4.34 Å². The van der Waals surface area contributed by atoms with E-state index >= 15 is 0 Å². The minimum absolute atomic E-state index is 0.194. The topological polar surface area (TPSA) is 38.3 Å². The molecule has 3 nitrogen and oxygen atoms in total. The van der Waals surface area contributed by atoms with Gasteiger partial charge in [0.2, 0.25) is 0 Å². The molecule has 1 rings (SSSR count). The van der Waals surface area contributed by atoms with E-state index in [1.165, 1.54) is 11.3 Å². The predicted molar refractivity (Wildman–Crippen MR) is 84.1 cm³/mol. The van der Waals surface area contributed by atoms with Crippen LogP contribution in [0.5, 0.6) is 0 Å². The van der Waals surface area contributed by atoms with E-state index in [9.17, 15) is 4.79 Å². The van der Waals surface area contributed by atoms with Gasteiger partial charge in [0.15, 0.2) is 0 Å². The Morgan fingerprint density at radius 1 is 1.68 bits per heavy atom. The molecule has 0 unspecified atom stereocenters. The summed E-state index contributed by atoms with van der Waals surface area (Å²) in [6, 6.07) is 1.65. The Kier molecular flexibility index (Phi) is 5.89. The van der Waals surface area contributed by atoms with Crippen molar-refractivity contribution in [3.8, 4) is 0 Å². The summed E-state index contributed by atoms with van der Waals surface area (Å²) in [5, 5.41) is 2.77. The number of hydrogen-bond acceptors (Lipinski definition) is 3. The molecule has 0 aliphatic heterocycles. The fourth-order valence-electron chi connectivity index (χ4n) is 1.37. The van der Waals surface area contributed by atoms with Gasteiger partial charge in [0.25, 0.3) is 0 Å². The molecule has 0 saturated heterocycles. The van der Waals surface area contributed by atoms with Crippen LogP contribution in [-0.4, -0.2) is 17.7 Å². The van der Waals surface area contributed by atoms with E-state index in [4.69, 9.17) is 16.3 Å². The van der Waals surface area contributed by atoms with Crippen molar-refractivity contribution in [3.05, 3.63) is 32.4 Å². The van der Waals surface area contributed by atoms with Gasteiger partial charge in [-0.15, -0.1) is 17.9 Å². The number of rotatable bonds is 4. The molecule has 1 aromatic rings. The fraction of sp³-hybridized carbons (Fsp3) is 0.462. The lowest BCUT2D eigenvalue weighted by Gasteiger charge is -2.22. The minimum Gasteiger partial charge on any atom is -0.444 e. The molecule has 1 heterocycles. The molecule has 0 saturated carbocycles. The molecule has 1 aromatic heterocycles. The van der Waals surface area contributed by atoms with E-state index in [1.54, 1.807) is 6.08 Å². The summed E-state index contributed by atoms with van der Waals surface area (Å²) >= 11 is 10.9. The van der Waals surface area contributed by atoms with Crippen LogP contribution in [0, 0.1) is 0 Å². The maximum absolute atomic E-state index is 11.7. The number of carbonyl (C=O) groups excluding carboxylic acids is 1. The highest BCUT2D eigenvalue weighted by molar-refractivity contribution is 9.10. The van der Waals surface area contributed by atoms with Crippen LogP contribution in [0.1, 0.15) is 25.6 Å². The van der Waals surface area contributed by atoms with E-state index in [0.29, 0.717) is 10.8 Å². The third-order valence-corrected chi connectivity index (χ3v) is 4.38. The summed E-state index contributed by atoms with van der Waals surface area (Å²) in [5.41, 5.74) is -0.511. The van der Waals surface area contributed by atoms with Crippen LogP contribution in [-0.2, 0) is 11.2 Å². The predicted octanol–water partition coefficient (Wildman–Crippen LogP) is 4.79. The summed E-state index contributed by atoms with van der Waals surface area (Å²) in [7, 11) is 0. The molecular formula is C13H17BrClNO2S. The van der Waals surface area contributed by atoms with Gasteiger partial charge in [-0.25, -0.2) is 4.79 Å². The number of ether oxygens (including phenoxy) is 1. The van der Waals surface area contributed by atoms with Crippen molar-refractivity contribution in [1.29, 1.82) is 0 Å². The number of alkyl carbamates (subject to hydrolysis) is 1. The summed E-state index contributed by atoms with van der Waals surface area (Å²) in [5.74, 6) is 0. The van der Waals surface area contributed by atoms with Gasteiger partial charge in [0.1, 0.15) is 5.60 Å². The summed E-state index contributed by atoms with van der Waals surface area (Å²) in [6.07, 6.45) is 1.86. The second-order valence-corrected chi connectivity index (χ2v) is 7.64. The number of hydrogen-bond donors (Lipinski definition) is 1. The zero-order chi connectivity index (χ0) is 14.6. The number of nitrogens with one attached hydrogen (secondary N) is 1. The standard InChI is InChI=1S/C13H17BrClNO2S/c1-5-8(16-12(17)18-13(2,3)4)6-10-9(14)7-11(15)19-10/h5,7-8H,1,6H2,2-4H3,(H,16,17)/t8-/m0/s1. The van der Waals surface area contributed by atoms with Crippen molar-refractivity contribution in [2.24, 2.45) is 0 Å². The molecule has 6 heteroatoms. The Morgan fingerprint density at radius 3 is 2.74 bits per heavy atom. The van der Waals surface area contributed by atoms with Crippen LogP contribution >= 0.6 is 38.9 Å². The third-order valence-electron chi connectivity index (χ3n) is 2.12. The highest BCUT2D eigenvalue weighted by Gasteiger charge is 2.19. The van der Waals surface area contributed by atoms with Gasteiger partial charge < -0.3 is 10.1 Å². The largest absolute Gasteiger partial charge is 0.444 e. The number of thiophene rings is 1. The molecule has 0 fully saturated rings. The van der Waals surface area contributed by atoms with E-state index in [1.807, 2.05) is 26.8 Å². The molecule has 1 atom stereocenters. The molecule has 0 aliphatic rings. The monoisotopic (exact) mass is 365 g/mol. The van der Waals surface area contributed by atoms with Gasteiger partial charge in [-0.3, -0.25) is 0 Å². The first-order chi connectivity index (χ1) is 8.71. The van der Waals surface area contributed by atoms with Gasteiger partial charge in [0.05, 0.1) is 10.4 Å². The molecule has 0 aromatic carbocycles. The van der Waals surface area contributed by atoms with Crippen molar-refractivity contribution >= 4 is 45.0 Å². The molecule has 0 radical (unpaired) electrons. The Bertz CT molecular complexity index is 468. The molecule has 0 spiro atoms. The van der Waals surface area contributed by atoms with Gasteiger partial charge >= 0.3 is 6.09 Å². The highest BCUT2D eigenvalue weighted by atomic mass is 79.9. The maximum Gasteiger partial charge on any atom is 0.408 e. The first kappa shape index (κ1) is 16.5. The van der Waals surface area contributed by atoms with Crippen LogP contribution in [0.25, 0.3) is 0 Å². The highest BCUT2D eigenvalue weighted by Crippen LogP contribution is 2.31. The van der Waals surface area contributed by atoms with Crippen molar-refractivity contribution < 1.29 is 9.53 Å². The maximum atomic E-state index is 11.7. The van der Waals surface area contributed by atoms with Crippen molar-refractivity contribution in [3.63, 3.8) is 0 Å². The lowest BCUT2D eigenvalue weighted by Crippen LogP contribution is -2.39. The molecule has 0 aliphatic carbocycles. The molecule has 1 N–H and O–H groups in total. The quantitative estimate of drug-likeness (QED) is 0.778. The van der Waals surface area contributed by atoms with Crippen LogP contribution in [0.4, 0.5) is 4.79 Å². The lowest BCUT2D eigenvalue weighted by atomic mass is 10.2. The fourth-order valence-corrected chi connectivity index (χ4v) is 3.50. The summed E-state index contributed by atoms with van der Waals surface area (Å²) in [6.45, 7) is 9.20. The Labute approximate surface area is 131 Å². The first-order valence-electron chi connectivity index (χ1n) is 5.77. The second-order valence-electron chi connectivity index (χ2n) is 5.01. The van der Waals surface area contributed by atoms with Gasteiger partial charge in [0, 0.05) is 15.8 Å². The molecule has 0 bridgehead atoms. The zero-order valence-electron chi connectivity index (χ0n) is 11.1. The van der Waals surface area contributed by atoms with E-state index in [2.05, 4.69) is 27.8 Å². The number of halogens is 2. The Balaban J connectivity index is 2.62. The summed E-state index contributed by atoms with van der Waals surface area (Å²) in [4.78, 5) is 12.8. The van der Waals surface area contributed by atoms with Crippen molar-refractivity contribution in [2.75, 3.05) is 0 Å². The van der Waals surface area contributed by atoms with Crippen LogP contribution in [0.15, 0.2) is 23.2 Å². The SMILES string of the molecule is C=C[C@@H](Cc1sc(Cl)cc1Br)NC(=O)OC(C)(C)C. The first-order valence-corrected chi connectivity index (χ1v) is 7.76. The molecular weight excluding hydrogens is 350 g/mol. The average molecular weight is 367 g/mol. The third kappa shape index (κ3) is 5.97. The minimum atomic E-state index is -0.511. The number of amides is 1.